The van der Waals surface area contributed by atoms with E-state index in [4.69, 9.17) is 29.7 Å². The van der Waals surface area contributed by atoms with Crippen molar-refractivity contribution in [3.8, 4) is 22.8 Å². The van der Waals surface area contributed by atoms with Crippen LogP contribution in [0.25, 0.3) is 76.9 Å². The molecule has 13 heteroatoms. The number of furan rings is 2. The molecule has 11 rings (SSSR count). The van der Waals surface area contributed by atoms with Crippen molar-refractivity contribution >= 4 is 89.9 Å². The van der Waals surface area contributed by atoms with E-state index in [0.29, 0.717) is 49.7 Å². The summed E-state index contributed by atoms with van der Waals surface area (Å²) >= 11 is 5.63. The van der Waals surface area contributed by atoms with Gasteiger partial charge in [0, 0.05) is 27.1 Å². The highest BCUT2D eigenvalue weighted by Gasteiger charge is 2.52. The van der Waals surface area contributed by atoms with Crippen LogP contribution in [0.2, 0.25) is 5.15 Å². The molecule has 5 heterocycles. The van der Waals surface area contributed by atoms with E-state index in [1.165, 1.54) is 12.1 Å². The number of hydrogen-bond donors (Lipinski definition) is 2. The van der Waals surface area contributed by atoms with Gasteiger partial charge in [0.2, 0.25) is 0 Å². The number of para-hydroxylation sites is 2. The molecule has 4 aromatic heterocycles. The molecule has 0 saturated carbocycles. The first kappa shape index (κ1) is 41.9. The van der Waals surface area contributed by atoms with Crippen LogP contribution < -0.4 is 29.4 Å². The molecule has 1 fully saturated rings. The molecule has 1 aliphatic rings. The number of fused-ring (bicyclic) bond motifs is 8. The fraction of sp³-hybridized carbons (Fsp3) is 0.125. The Morgan fingerprint density at radius 3 is 1.59 bits per heavy atom. The van der Waals surface area contributed by atoms with Gasteiger partial charge in [-0.15, -0.1) is 0 Å². The van der Waals surface area contributed by atoms with Crippen molar-refractivity contribution in [1.29, 1.82) is 0 Å². The van der Waals surface area contributed by atoms with Crippen LogP contribution in [0.4, 0.5) is 8.78 Å². The molecule has 306 valence electrons. The first-order valence-corrected chi connectivity index (χ1v) is 19.6. The van der Waals surface area contributed by atoms with Gasteiger partial charge < -0.3 is 52.3 Å². The molecule has 0 bridgehead atoms. The van der Waals surface area contributed by atoms with E-state index in [9.17, 15) is 19.0 Å². The molecule has 0 radical (unpaired) electrons. The van der Waals surface area contributed by atoms with Crippen LogP contribution in [-0.4, -0.2) is 38.5 Å². The Morgan fingerprint density at radius 1 is 0.541 bits per heavy atom. The zero-order chi connectivity index (χ0) is 41.9. The molecule has 8 nitrogen and oxygen atoms in total. The average Bonchev–Trinajstić information content (AvgIpc) is 3.87. The van der Waals surface area contributed by atoms with Crippen molar-refractivity contribution in [1.82, 2.24) is 9.97 Å². The van der Waals surface area contributed by atoms with Crippen molar-refractivity contribution in [3.63, 3.8) is 0 Å². The van der Waals surface area contributed by atoms with E-state index in [2.05, 4.69) is 9.97 Å². The van der Waals surface area contributed by atoms with Gasteiger partial charge in [0.25, 0.3) is 0 Å². The number of nitrogens with zero attached hydrogens (tertiary/aromatic N) is 2. The Hall–Kier alpha value is -5.80. The fourth-order valence-corrected chi connectivity index (χ4v) is 7.57. The lowest BCUT2D eigenvalue weighted by molar-refractivity contribution is -0.0000186. The normalized spacial score (nSPS) is 14.2. The van der Waals surface area contributed by atoms with Crippen LogP contribution in [0.3, 0.4) is 0 Å². The van der Waals surface area contributed by atoms with Gasteiger partial charge in [-0.2, -0.15) is 0 Å². The van der Waals surface area contributed by atoms with Crippen LogP contribution in [0, 0.1) is 11.6 Å². The number of halogens is 4. The van der Waals surface area contributed by atoms with Crippen LogP contribution in [0.1, 0.15) is 27.7 Å². The maximum absolute atomic E-state index is 14.5. The number of rotatable bonds is 2. The van der Waals surface area contributed by atoms with Gasteiger partial charge in [-0.1, -0.05) is 84.4 Å². The highest BCUT2D eigenvalue weighted by atomic mass is 127. The molecule has 0 atom stereocenters. The highest BCUT2D eigenvalue weighted by molar-refractivity contribution is 6.66. The van der Waals surface area contributed by atoms with Gasteiger partial charge in [-0.25, -0.2) is 18.7 Å². The Bertz CT molecular complexity index is 3230. The molecule has 61 heavy (non-hydrogen) atoms. The molecule has 0 amide bonds. The average molecular weight is 948 g/mol. The summed E-state index contributed by atoms with van der Waals surface area (Å²) in [5, 5.41) is 23.8. The second-order valence-corrected chi connectivity index (χ2v) is 15.8. The SMILES string of the molecule is CC1(C)OB(c2cccc3oc4cccc(F)c4c23)OC1(C)C.Oc1cc2ccccc2nc1-c1cccc2oc3cccc(F)c3c12.Oc1cc2ccccc2nc1Cl.[I-]. The summed E-state index contributed by atoms with van der Waals surface area (Å²) in [5.74, 6) is -0.582. The molecule has 0 spiro atoms. The fourth-order valence-electron chi connectivity index (χ4n) is 7.42. The van der Waals surface area contributed by atoms with Crippen molar-refractivity contribution in [2.45, 2.75) is 38.9 Å². The predicted molar refractivity (Wildman–Crippen MR) is 234 cm³/mol. The van der Waals surface area contributed by atoms with Gasteiger partial charge in [0.15, 0.2) is 10.9 Å². The molecule has 1 aliphatic heterocycles. The first-order chi connectivity index (χ1) is 28.8. The summed E-state index contributed by atoms with van der Waals surface area (Å²) < 4.78 is 52.7. The van der Waals surface area contributed by atoms with Crippen molar-refractivity contribution in [2.24, 2.45) is 0 Å². The van der Waals surface area contributed by atoms with Gasteiger partial charge in [-0.05, 0) is 93.8 Å². The van der Waals surface area contributed by atoms with Gasteiger partial charge in [0.05, 0.1) is 33.0 Å². The topological polar surface area (TPSA) is 111 Å². The van der Waals surface area contributed by atoms with Crippen LogP contribution in [0.5, 0.6) is 11.5 Å². The Labute approximate surface area is 370 Å². The zero-order valence-electron chi connectivity index (χ0n) is 33.2. The summed E-state index contributed by atoms with van der Waals surface area (Å²) in [5.41, 5.74) is 4.72. The van der Waals surface area contributed by atoms with Crippen molar-refractivity contribution < 1.29 is 61.1 Å². The van der Waals surface area contributed by atoms with E-state index < -0.39 is 18.3 Å². The quantitative estimate of drug-likeness (QED) is 0.100. The molecule has 2 N–H and O–H groups in total. The molecular weight excluding hydrogens is 912 g/mol. The van der Waals surface area contributed by atoms with E-state index in [-0.39, 0.29) is 52.3 Å². The number of hydrogen-bond acceptors (Lipinski definition) is 8. The lowest BCUT2D eigenvalue weighted by Crippen LogP contribution is -3.00. The highest BCUT2D eigenvalue weighted by Crippen LogP contribution is 2.41. The molecule has 6 aromatic carbocycles. The Balaban J connectivity index is 0.000000133. The van der Waals surface area contributed by atoms with E-state index in [1.807, 2.05) is 107 Å². The lowest BCUT2D eigenvalue weighted by atomic mass is 9.76. The third-order valence-electron chi connectivity index (χ3n) is 11.1. The maximum Gasteiger partial charge on any atom is 0.495 e. The van der Waals surface area contributed by atoms with Crippen molar-refractivity contribution in [3.05, 3.63) is 150 Å². The van der Waals surface area contributed by atoms with E-state index in [0.717, 1.165) is 32.7 Å². The lowest BCUT2D eigenvalue weighted by Gasteiger charge is -2.32. The standard InChI is InChI=1S/C21H12FNO2.C18H18BFO3.C9H6ClNO.HI/c22-14-7-4-10-18-20(14)19-13(6-3-9-17(19)25-18)21-16(24)11-12-5-1-2-8-15(12)23-21;1-17(2)18(3,4)23-19(22-17)11-7-5-9-13-15(11)16-12(20)8-6-10-14(16)21-13;10-9-8(12)5-6-3-1-2-4-7(6)11-9;/h1-11,24H;5-10H,1-4H3;1-5,12H;1H/p-1. The number of aromatic hydroxyl groups is 2. The number of pyridine rings is 2. The first-order valence-electron chi connectivity index (χ1n) is 19.2. The largest absolute Gasteiger partial charge is 1.00 e. The second-order valence-electron chi connectivity index (χ2n) is 15.5. The Morgan fingerprint density at radius 2 is 1.00 bits per heavy atom. The minimum absolute atomic E-state index is 0. The zero-order valence-corrected chi connectivity index (χ0v) is 36.1. The van der Waals surface area contributed by atoms with Gasteiger partial charge >= 0.3 is 7.12 Å². The third-order valence-corrected chi connectivity index (χ3v) is 11.4. The Kier molecular flexibility index (Phi) is 11.2. The van der Waals surface area contributed by atoms with E-state index in [1.54, 1.807) is 42.5 Å². The van der Waals surface area contributed by atoms with E-state index >= 15 is 0 Å². The minimum atomic E-state index is -0.552. The summed E-state index contributed by atoms with van der Waals surface area (Å²) in [6, 6.07) is 39.0. The number of aromatic nitrogens is 2. The molecule has 0 aliphatic carbocycles. The van der Waals surface area contributed by atoms with Crippen LogP contribution >= 0.6 is 11.6 Å². The summed E-state index contributed by atoms with van der Waals surface area (Å²) in [6.45, 7) is 8.00. The predicted octanol–water partition coefficient (Wildman–Crippen LogP) is 9.27. The summed E-state index contributed by atoms with van der Waals surface area (Å²) in [6.07, 6.45) is 0. The molecule has 0 unspecified atom stereocenters. The van der Waals surface area contributed by atoms with Crippen LogP contribution in [-0.2, 0) is 9.31 Å². The number of benzene rings is 6. The van der Waals surface area contributed by atoms with Crippen LogP contribution in [0.15, 0.2) is 142 Å². The van der Waals surface area contributed by atoms with Crippen molar-refractivity contribution in [2.75, 3.05) is 0 Å². The summed E-state index contributed by atoms with van der Waals surface area (Å²) in [7, 11) is -0.552. The molecular formula is C48H36BClF2IN2O6-. The van der Waals surface area contributed by atoms with Gasteiger partial charge in [0.1, 0.15) is 45.4 Å². The van der Waals surface area contributed by atoms with Gasteiger partial charge in [-0.3, -0.25) is 0 Å². The maximum atomic E-state index is 14.5. The smallest absolute Gasteiger partial charge is 0.495 e. The third kappa shape index (κ3) is 7.62. The molecule has 10 aromatic rings. The molecule has 1 saturated heterocycles. The minimum Gasteiger partial charge on any atom is -1.00 e. The summed E-state index contributed by atoms with van der Waals surface area (Å²) in [4.78, 5) is 8.59. The monoisotopic (exact) mass is 947 g/mol. The second kappa shape index (κ2) is 16.2.